The molecule has 7 heteroatoms. The van der Waals surface area contributed by atoms with Gasteiger partial charge in [0, 0.05) is 18.7 Å². The fourth-order valence-corrected chi connectivity index (χ4v) is 3.48. The molecule has 2 amide bonds. The zero-order valence-electron chi connectivity index (χ0n) is 15.0. The fraction of sp³-hybridized carbons (Fsp3) is 0.190. The van der Waals surface area contributed by atoms with E-state index in [2.05, 4.69) is 10.3 Å². The van der Waals surface area contributed by atoms with E-state index in [4.69, 9.17) is 16.0 Å². The van der Waals surface area contributed by atoms with Crippen LogP contribution < -0.4 is 5.32 Å². The number of carbonyl (C=O) groups is 2. The largest absolute Gasteiger partial charge is 0.443 e. The van der Waals surface area contributed by atoms with Crippen molar-refractivity contribution in [2.24, 2.45) is 0 Å². The van der Waals surface area contributed by atoms with Gasteiger partial charge in [-0.1, -0.05) is 41.9 Å². The van der Waals surface area contributed by atoms with Gasteiger partial charge >= 0.3 is 0 Å². The van der Waals surface area contributed by atoms with Gasteiger partial charge in [-0.05, 0) is 31.0 Å². The van der Waals surface area contributed by atoms with Crippen LogP contribution in [0.3, 0.4) is 0 Å². The molecule has 0 unspecified atom stereocenters. The number of halogens is 1. The Bertz CT molecular complexity index is 1020. The van der Waals surface area contributed by atoms with E-state index < -0.39 is 5.91 Å². The van der Waals surface area contributed by atoms with E-state index >= 15 is 0 Å². The molecule has 1 aromatic heterocycles. The van der Waals surface area contributed by atoms with Gasteiger partial charge in [0.25, 0.3) is 11.8 Å². The van der Waals surface area contributed by atoms with Crippen LogP contribution in [0.15, 0.2) is 59.3 Å². The Morgan fingerprint density at radius 2 is 1.75 bits per heavy atom. The van der Waals surface area contributed by atoms with E-state index in [0.717, 1.165) is 25.9 Å². The number of para-hydroxylation sites is 1. The molecule has 0 spiro atoms. The maximum Gasteiger partial charge on any atom is 0.278 e. The van der Waals surface area contributed by atoms with Gasteiger partial charge in [-0.25, -0.2) is 4.98 Å². The lowest BCUT2D eigenvalue weighted by Gasteiger charge is -2.17. The molecule has 1 N–H and O–H groups in total. The predicted molar refractivity (Wildman–Crippen MR) is 106 cm³/mol. The molecule has 1 saturated heterocycles. The number of benzene rings is 2. The first-order valence-electron chi connectivity index (χ1n) is 9.03. The Morgan fingerprint density at radius 3 is 2.54 bits per heavy atom. The number of nitrogens with one attached hydrogen (secondary N) is 1. The van der Waals surface area contributed by atoms with E-state index in [-0.39, 0.29) is 17.4 Å². The molecule has 2 aromatic carbocycles. The summed E-state index contributed by atoms with van der Waals surface area (Å²) in [6.45, 7) is 1.48. The van der Waals surface area contributed by atoms with E-state index in [1.807, 2.05) is 4.90 Å². The highest BCUT2D eigenvalue weighted by atomic mass is 35.5. The van der Waals surface area contributed by atoms with Crippen LogP contribution in [-0.4, -0.2) is 34.8 Å². The summed E-state index contributed by atoms with van der Waals surface area (Å²) in [5, 5.41) is 3.16. The summed E-state index contributed by atoms with van der Waals surface area (Å²) in [5.74, 6) is -0.269. The minimum Gasteiger partial charge on any atom is -0.443 e. The normalized spacial score (nSPS) is 13.5. The van der Waals surface area contributed by atoms with Crippen LogP contribution in [0.2, 0.25) is 5.02 Å². The molecule has 0 atom stereocenters. The van der Waals surface area contributed by atoms with Crippen molar-refractivity contribution in [3.63, 3.8) is 0 Å². The Hall–Kier alpha value is -3.12. The van der Waals surface area contributed by atoms with Gasteiger partial charge in [-0.2, -0.15) is 0 Å². The number of oxazole rings is 1. The number of rotatable bonds is 4. The molecule has 1 aliphatic heterocycles. The number of hydrogen-bond donors (Lipinski definition) is 1. The Kier molecular flexibility index (Phi) is 5.12. The summed E-state index contributed by atoms with van der Waals surface area (Å²) >= 11 is 6.12. The van der Waals surface area contributed by atoms with Crippen LogP contribution in [0.5, 0.6) is 0 Å². The monoisotopic (exact) mass is 395 g/mol. The molecule has 0 aliphatic carbocycles. The Morgan fingerprint density at radius 1 is 1.04 bits per heavy atom. The molecule has 2 heterocycles. The Balaban J connectivity index is 1.67. The Labute approximate surface area is 167 Å². The lowest BCUT2D eigenvalue weighted by atomic mass is 10.0. The van der Waals surface area contributed by atoms with Crippen molar-refractivity contribution in [3.8, 4) is 11.3 Å². The average molecular weight is 396 g/mol. The molecule has 0 saturated carbocycles. The number of likely N-dealkylation sites (tertiary alicyclic amines) is 1. The number of aromatic nitrogens is 1. The number of hydrogen-bond acceptors (Lipinski definition) is 4. The van der Waals surface area contributed by atoms with Gasteiger partial charge in [0.1, 0.15) is 0 Å². The molecule has 4 rings (SSSR count). The second-order valence-electron chi connectivity index (χ2n) is 6.51. The van der Waals surface area contributed by atoms with Crippen LogP contribution in [0.25, 0.3) is 11.3 Å². The summed E-state index contributed by atoms with van der Waals surface area (Å²) in [5.41, 5.74) is 1.61. The third-order valence-corrected chi connectivity index (χ3v) is 5.03. The number of carbonyl (C=O) groups excluding carboxylic acids is 2. The quantitative estimate of drug-likeness (QED) is 0.706. The molecule has 1 aliphatic rings. The maximum absolute atomic E-state index is 12.9. The lowest BCUT2D eigenvalue weighted by molar-refractivity contribution is 0.0793. The summed E-state index contributed by atoms with van der Waals surface area (Å²) in [4.78, 5) is 31.6. The first-order valence-corrected chi connectivity index (χ1v) is 9.41. The molecule has 28 heavy (non-hydrogen) atoms. The van der Waals surface area contributed by atoms with Gasteiger partial charge < -0.3 is 14.6 Å². The smallest absolute Gasteiger partial charge is 0.278 e. The third-order valence-electron chi connectivity index (χ3n) is 4.70. The summed E-state index contributed by atoms with van der Waals surface area (Å²) in [7, 11) is 0. The summed E-state index contributed by atoms with van der Waals surface area (Å²) < 4.78 is 5.52. The van der Waals surface area contributed by atoms with Crippen LogP contribution in [0.1, 0.15) is 33.7 Å². The minimum absolute atomic E-state index is 0.0676. The molecule has 0 radical (unpaired) electrons. The van der Waals surface area contributed by atoms with E-state index in [1.54, 1.807) is 48.5 Å². The zero-order valence-corrected chi connectivity index (χ0v) is 15.8. The maximum atomic E-state index is 12.9. The van der Waals surface area contributed by atoms with Crippen LogP contribution in [0.4, 0.5) is 5.69 Å². The molecule has 1 fully saturated rings. The first kappa shape index (κ1) is 18.3. The van der Waals surface area contributed by atoms with Gasteiger partial charge in [0.05, 0.1) is 16.3 Å². The van der Waals surface area contributed by atoms with Gasteiger partial charge in [0.2, 0.25) is 0 Å². The SMILES string of the molecule is O=C(Nc1ccccc1Cl)c1ncoc1-c1ccccc1C(=O)N1CCCC1. The van der Waals surface area contributed by atoms with Crippen molar-refractivity contribution in [1.29, 1.82) is 0 Å². The van der Waals surface area contributed by atoms with Crippen LogP contribution >= 0.6 is 11.6 Å². The molecular weight excluding hydrogens is 378 g/mol. The minimum atomic E-state index is -0.458. The average Bonchev–Trinajstić information content (AvgIpc) is 3.41. The lowest BCUT2D eigenvalue weighted by Crippen LogP contribution is -2.28. The summed E-state index contributed by atoms with van der Waals surface area (Å²) in [6.07, 6.45) is 3.21. The van der Waals surface area contributed by atoms with Crippen molar-refractivity contribution < 1.29 is 14.0 Å². The highest BCUT2D eigenvalue weighted by Gasteiger charge is 2.26. The van der Waals surface area contributed by atoms with Gasteiger partial charge in [0.15, 0.2) is 17.8 Å². The number of amides is 2. The van der Waals surface area contributed by atoms with Crippen molar-refractivity contribution >= 4 is 29.1 Å². The highest BCUT2D eigenvalue weighted by Crippen LogP contribution is 2.30. The summed E-state index contributed by atoms with van der Waals surface area (Å²) in [6, 6.07) is 14.0. The molecule has 3 aromatic rings. The van der Waals surface area contributed by atoms with Crippen molar-refractivity contribution in [2.45, 2.75) is 12.8 Å². The highest BCUT2D eigenvalue weighted by molar-refractivity contribution is 6.34. The van der Waals surface area contributed by atoms with Gasteiger partial charge in [-0.15, -0.1) is 0 Å². The molecule has 0 bridgehead atoms. The van der Waals surface area contributed by atoms with Crippen LogP contribution in [0, 0.1) is 0 Å². The van der Waals surface area contributed by atoms with E-state index in [1.165, 1.54) is 6.39 Å². The third kappa shape index (κ3) is 3.51. The van der Waals surface area contributed by atoms with Crippen LogP contribution in [-0.2, 0) is 0 Å². The van der Waals surface area contributed by atoms with E-state index in [0.29, 0.717) is 21.8 Å². The second kappa shape index (κ2) is 7.86. The second-order valence-corrected chi connectivity index (χ2v) is 6.92. The zero-order chi connectivity index (χ0) is 19.5. The topological polar surface area (TPSA) is 75.4 Å². The number of nitrogens with zero attached hydrogens (tertiary/aromatic N) is 2. The first-order chi connectivity index (χ1) is 13.6. The van der Waals surface area contributed by atoms with Crippen molar-refractivity contribution in [1.82, 2.24) is 9.88 Å². The molecule has 142 valence electrons. The molecular formula is C21H18ClN3O3. The fourth-order valence-electron chi connectivity index (χ4n) is 3.30. The predicted octanol–water partition coefficient (Wildman–Crippen LogP) is 4.48. The number of anilines is 1. The molecule has 6 nitrogen and oxygen atoms in total. The van der Waals surface area contributed by atoms with Gasteiger partial charge in [-0.3, -0.25) is 9.59 Å². The standard InChI is InChI=1S/C21H18ClN3O3/c22-16-9-3-4-10-17(16)24-20(26)18-19(28-13-23-18)14-7-1-2-8-15(14)21(27)25-11-5-6-12-25/h1-4,7-10,13H,5-6,11-12H2,(H,24,26). The van der Waals surface area contributed by atoms with Crippen molar-refractivity contribution in [3.05, 3.63) is 71.2 Å². The van der Waals surface area contributed by atoms with Crippen molar-refractivity contribution in [2.75, 3.05) is 18.4 Å². The van der Waals surface area contributed by atoms with E-state index in [9.17, 15) is 9.59 Å².